The van der Waals surface area contributed by atoms with Gasteiger partial charge in [-0.1, -0.05) is 0 Å². The van der Waals surface area contributed by atoms with Crippen molar-refractivity contribution in [3.8, 4) is 0 Å². The van der Waals surface area contributed by atoms with E-state index in [-0.39, 0.29) is 13.8 Å². The summed E-state index contributed by atoms with van der Waals surface area (Å²) < 4.78 is 0. The van der Waals surface area contributed by atoms with Crippen LogP contribution < -0.4 is 0 Å². The Hall–Kier alpha value is -0.140. The van der Waals surface area contributed by atoms with Crippen LogP contribution in [0.1, 0.15) is 12.8 Å². The molecule has 0 aromatic carbocycles. The number of likely N-dealkylation sites (N-methyl/N-ethyl adjacent to an activating group) is 2. The fourth-order valence-corrected chi connectivity index (χ4v) is 3.67. The Morgan fingerprint density at radius 3 is 2.27 bits per heavy atom. The molecule has 1 fully saturated rings. The minimum Gasteiger partial charge on any atom is -0.342 e. The van der Waals surface area contributed by atoms with Crippen LogP contribution in [0.25, 0.3) is 0 Å². The topological polar surface area (TPSA) is 23.6 Å². The van der Waals surface area contributed by atoms with Crippen LogP contribution in [-0.2, 0) is 4.79 Å². The van der Waals surface area contributed by atoms with Gasteiger partial charge in [-0.2, -0.15) is 0 Å². The first-order valence-electron chi connectivity index (χ1n) is 5.59. The van der Waals surface area contributed by atoms with Crippen molar-refractivity contribution >= 4 is 13.8 Å². The Balaban J connectivity index is 2.39. The SMILES string of the molecule is CN(C)CC(=O)N(C)C1CCP(C)CC1. The van der Waals surface area contributed by atoms with E-state index in [2.05, 4.69) is 6.66 Å². The third-order valence-electron chi connectivity index (χ3n) is 3.08. The molecule has 4 heteroatoms. The van der Waals surface area contributed by atoms with Crippen LogP contribution in [0.5, 0.6) is 0 Å². The monoisotopic (exact) mass is 230 g/mol. The van der Waals surface area contributed by atoms with Crippen LogP contribution in [0.3, 0.4) is 0 Å². The van der Waals surface area contributed by atoms with Gasteiger partial charge in [0.2, 0.25) is 5.91 Å². The van der Waals surface area contributed by atoms with Crippen molar-refractivity contribution in [3.05, 3.63) is 0 Å². The van der Waals surface area contributed by atoms with Crippen molar-refractivity contribution in [3.63, 3.8) is 0 Å². The summed E-state index contributed by atoms with van der Waals surface area (Å²) in [6.45, 7) is 2.90. The molecule has 0 aliphatic carbocycles. The number of hydrogen-bond donors (Lipinski definition) is 0. The molecule has 0 aromatic heterocycles. The molecular weight excluding hydrogens is 207 g/mol. The van der Waals surface area contributed by atoms with Crippen molar-refractivity contribution in [2.45, 2.75) is 18.9 Å². The molecule has 0 bridgehead atoms. The van der Waals surface area contributed by atoms with E-state index in [1.165, 1.54) is 25.2 Å². The molecule has 1 amide bonds. The molecule has 0 atom stereocenters. The number of carbonyl (C=O) groups excluding carboxylic acids is 1. The molecule has 3 nitrogen and oxygen atoms in total. The van der Waals surface area contributed by atoms with Gasteiger partial charge in [0.25, 0.3) is 0 Å². The second kappa shape index (κ2) is 5.81. The van der Waals surface area contributed by atoms with Gasteiger partial charge in [0.15, 0.2) is 0 Å². The van der Waals surface area contributed by atoms with E-state index in [9.17, 15) is 4.79 Å². The quantitative estimate of drug-likeness (QED) is 0.682. The van der Waals surface area contributed by atoms with Crippen LogP contribution >= 0.6 is 7.92 Å². The standard InChI is InChI=1S/C11H23N2OP/c1-12(2)9-11(14)13(3)10-5-7-15(4)8-6-10/h10H,5-9H2,1-4H3. The molecule has 0 radical (unpaired) electrons. The third-order valence-corrected chi connectivity index (χ3v) is 5.12. The van der Waals surface area contributed by atoms with Crippen molar-refractivity contribution in [1.29, 1.82) is 0 Å². The van der Waals surface area contributed by atoms with E-state index in [0.717, 1.165) is 0 Å². The van der Waals surface area contributed by atoms with E-state index in [1.54, 1.807) is 0 Å². The Morgan fingerprint density at radius 1 is 1.27 bits per heavy atom. The molecule has 1 heterocycles. The summed E-state index contributed by atoms with van der Waals surface area (Å²) in [6, 6.07) is 0.496. The molecule has 0 unspecified atom stereocenters. The fourth-order valence-electron chi connectivity index (χ4n) is 1.97. The minimum absolute atomic E-state index is 0.257. The number of rotatable bonds is 3. The minimum atomic E-state index is 0.257. The van der Waals surface area contributed by atoms with Gasteiger partial charge >= 0.3 is 0 Å². The molecule has 1 aliphatic rings. The molecule has 0 spiro atoms. The van der Waals surface area contributed by atoms with Gasteiger partial charge in [-0.05, 0) is 45.9 Å². The maximum atomic E-state index is 11.8. The molecule has 1 rings (SSSR count). The Bertz CT molecular complexity index is 213. The average molecular weight is 230 g/mol. The lowest BCUT2D eigenvalue weighted by molar-refractivity contribution is -0.132. The van der Waals surface area contributed by atoms with Crippen LogP contribution in [0.2, 0.25) is 0 Å². The Kier molecular flexibility index (Phi) is 5.01. The second-order valence-electron chi connectivity index (χ2n) is 4.78. The largest absolute Gasteiger partial charge is 0.342 e. The zero-order valence-corrected chi connectivity index (χ0v) is 11.3. The highest BCUT2D eigenvalue weighted by Gasteiger charge is 2.24. The summed E-state index contributed by atoms with van der Waals surface area (Å²) >= 11 is 0. The summed E-state index contributed by atoms with van der Waals surface area (Å²) in [5.74, 6) is 0.257. The average Bonchev–Trinajstić information content (AvgIpc) is 2.17. The second-order valence-corrected chi connectivity index (χ2v) is 7.38. The first kappa shape index (κ1) is 12.9. The normalized spacial score (nSPS) is 26.7. The van der Waals surface area contributed by atoms with Crippen molar-refractivity contribution in [1.82, 2.24) is 9.80 Å². The van der Waals surface area contributed by atoms with Gasteiger partial charge in [0, 0.05) is 13.1 Å². The fraction of sp³-hybridized carbons (Fsp3) is 0.909. The van der Waals surface area contributed by atoms with Crippen molar-refractivity contribution in [2.75, 3.05) is 46.7 Å². The van der Waals surface area contributed by atoms with E-state index in [0.29, 0.717) is 12.6 Å². The Labute approximate surface area is 94.6 Å². The van der Waals surface area contributed by atoms with Gasteiger partial charge in [-0.15, -0.1) is 7.92 Å². The molecule has 1 saturated heterocycles. The third kappa shape index (κ3) is 4.08. The van der Waals surface area contributed by atoms with Gasteiger partial charge < -0.3 is 9.80 Å². The molecule has 15 heavy (non-hydrogen) atoms. The molecule has 0 N–H and O–H groups in total. The van der Waals surface area contributed by atoms with Crippen molar-refractivity contribution < 1.29 is 4.79 Å². The van der Waals surface area contributed by atoms with E-state index in [4.69, 9.17) is 0 Å². The van der Waals surface area contributed by atoms with Crippen LogP contribution in [0.4, 0.5) is 0 Å². The van der Waals surface area contributed by atoms with Crippen LogP contribution in [0.15, 0.2) is 0 Å². The lowest BCUT2D eigenvalue weighted by atomic mass is 10.1. The highest BCUT2D eigenvalue weighted by molar-refractivity contribution is 7.56. The summed E-state index contributed by atoms with van der Waals surface area (Å²) in [5.41, 5.74) is 0. The van der Waals surface area contributed by atoms with E-state index >= 15 is 0 Å². The summed E-state index contributed by atoms with van der Waals surface area (Å²) in [4.78, 5) is 15.7. The lowest BCUT2D eigenvalue weighted by Crippen LogP contribution is -2.43. The number of hydrogen-bond acceptors (Lipinski definition) is 2. The van der Waals surface area contributed by atoms with Gasteiger partial charge in [-0.3, -0.25) is 4.79 Å². The van der Waals surface area contributed by atoms with E-state index in [1.807, 2.05) is 30.9 Å². The molecule has 0 aromatic rings. The summed E-state index contributed by atoms with van der Waals surface area (Å²) in [5, 5.41) is 0. The maximum absolute atomic E-state index is 11.8. The van der Waals surface area contributed by atoms with Gasteiger partial charge in [-0.25, -0.2) is 0 Å². The molecule has 0 saturated carbocycles. The maximum Gasteiger partial charge on any atom is 0.236 e. The summed E-state index contributed by atoms with van der Waals surface area (Å²) in [7, 11) is 6.12. The summed E-state index contributed by atoms with van der Waals surface area (Å²) in [6.07, 6.45) is 5.08. The predicted molar refractivity (Wildman–Crippen MR) is 66.9 cm³/mol. The van der Waals surface area contributed by atoms with Gasteiger partial charge in [0.1, 0.15) is 0 Å². The smallest absolute Gasteiger partial charge is 0.236 e. The highest BCUT2D eigenvalue weighted by atomic mass is 31.1. The Morgan fingerprint density at radius 2 is 1.80 bits per heavy atom. The van der Waals surface area contributed by atoms with Crippen molar-refractivity contribution in [2.24, 2.45) is 0 Å². The lowest BCUT2D eigenvalue weighted by Gasteiger charge is -2.34. The first-order valence-corrected chi connectivity index (χ1v) is 7.75. The number of carbonyl (C=O) groups is 1. The number of nitrogens with zero attached hydrogens (tertiary/aromatic N) is 2. The molecular formula is C11H23N2OP. The first-order chi connectivity index (χ1) is 7.00. The van der Waals surface area contributed by atoms with Crippen LogP contribution in [-0.4, -0.2) is 68.4 Å². The van der Waals surface area contributed by atoms with Crippen LogP contribution in [0, 0.1) is 0 Å². The highest BCUT2D eigenvalue weighted by Crippen LogP contribution is 2.38. The number of amides is 1. The predicted octanol–water partition coefficient (Wildman–Crippen LogP) is 1.28. The molecule has 88 valence electrons. The zero-order valence-electron chi connectivity index (χ0n) is 10.4. The van der Waals surface area contributed by atoms with Gasteiger partial charge in [0.05, 0.1) is 6.54 Å². The van der Waals surface area contributed by atoms with E-state index < -0.39 is 0 Å². The molecule has 1 aliphatic heterocycles. The zero-order chi connectivity index (χ0) is 11.4.